The van der Waals surface area contributed by atoms with E-state index in [0.717, 1.165) is 31.0 Å². The Labute approximate surface area is 125 Å². The smallest absolute Gasteiger partial charge is 0.387 e. The minimum Gasteiger partial charge on any atom is -0.433 e. The van der Waals surface area contributed by atoms with Gasteiger partial charge in [0.25, 0.3) is 0 Å². The Balaban J connectivity index is 2.01. The molecule has 0 saturated heterocycles. The standard InChI is InChI=1S/C14H17F3N2O3/c1-19(7-11(20)8-2-3-8)14(21)18-10-6-9(15)4-5-12(10)22-13(16)17/h4-6,8,11,13,20H,2-3,7H2,1H3,(H,18,21). The lowest BCUT2D eigenvalue weighted by Gasteiger charge is -2.22. The maximum Gasteiger partial charge on any atom is 0.387 e. The minimum absolute atomic E-state index is 0.108. The number of benzene rings is 1. The van der Waals surface area contributed by atoms with Gasteiger partial charge in [0.15, 0.2) is 0 Å². The molecule has 1 fully saturated rings. The second kappa shape index (κ2) is 6.87. The summed E-state index contributed by atoms with van der Waals surface area (Å²) in [7, 11) is 1.45. The van der Waals surface area contributed by atoms with E-state index in [0.29, 0.717) is 0 Å². The SMILES string of the molecule is CN(CC(O)C1CC1)C(=O)Nc1cc(F)ccc1OC(F)F. The molecule has 0 radical (unpaired) electrons. The molecule has 1 atom stereocenters. The number of rotatable bonds is 6. The van der Waals surface area contributed by atoms with Crippen LogP contribution in [0.3, 0.4) is 0 Å². The Morgan fingerprint density at radius 2 is 2.18 bits per heavy atom. The van der Waals surface area contributed by atoms with E-state index in [1.165, 1.54) is 11.9 Å². The first kappa shape index (κ1) is 16.4. The van der Waals surface area contributed by atoms with Gasteiger partial charge in [-0.1, -0.05) is 0 Å². The second-order valence-corrected chi connectivity index (χ2v) is 5.23. The van der Waals surface area contributed by atoms with Crippen LogP contribution in [-0.4, -0.2) is 42.3 Å². The number of ether oxygens (including phenoxy) is 1. The van der Waals surface area contributed by atoms with Gasteiger partial charge >= 0.3 is 12.6 Å². The number of hydrogen-bond acceptors (Lipinski definition) is 3. The number of hydrogen-bond donors (Lipinski definition) is 2. The molecule has 2 amide bonds. The highest BCUT2D eigenvalue weighted by atomic mass is 19.3. The normalized spacial score (nSPS) is 15.5. The molecule has 22 heavy (non-hydrogen) atoms. The molecule has 0 spiro atoms. The number of anilines is 1. The van der Waals surface area contributed by atoms with Crippen molar-refractivity contribution < 1.29 is 27.8 Å². The fraction of sp³-hybridized carbons (Fsp3) is 0.500. The van der Waals surface area contributed by atoms with Crippen molar-refractivity contribution in [1.29, 1.82) is 0 Å². The molecule has 0 bridgehead atoms. The van der Waals surface area contributed by atoms with Gasteiger partial charge in [0.2, 0.25) is 0 Å². The summed E-state index contributed by atoms with van der Waals surface area (Å²) in [5.74, 6) is -0.833. The molecule has 0 aliphatic heterocycles. The summed E-state index contributed by atoms with van der Waals surface area (Å²) in [6, 6.07) is 2.20. The number of carbonyl (C=O) groups is 1. The quantitative estimate of drug-likeness (QED) is 0.848. The van der Waals surface area contributed by atoms with Crippen molar-refractivity contribution in [2.45, 2.75) is 25.6 Å². The highest BCUT2D eigenvalue weighted by Gasteiger charge is 2.31. The Morgan fingerprint density at radius 1 is 1.50 bits per heavy atom. The maximum atomic E-state index is 13.2. The summed E-state index contributed by atoms with van der Waals surface area (Å²) in [6.07, 6.45) is 1.22. The zero-order chi connectivity index (χ0) is 16.3. The third kappa shape index (κ3) is 4.52. The van der Waals surface area contributed by atoms with Gasteiger partial charge in [0.1, 0.15) is 11.6 Å². The van der Waals surface area contributed by atoms with E-state index < -0.39 is 24.6 Å². The molecule has 1 unspecified atom stereocenters. The molecular formula is C14H17F3N2O3. The summed E-state index contributed by atoms with van der Waals surface area (Å²) in [6.45, 7) is -2.98. The van der Waals surface area contributed by atoms with Crippen molar-refractivity contribution in [2.75, 3.05) is 18.9 Å². The zero-order valence-electron chi connectivity index (χ0n) is 11.9. The number of halogens is 3. The van der Waals surface area contributed by atoms with E-state index in [2.05, 4.69) is 10.1 Å². The van der Waals surface area contributed by atoms with Gasteiger partial charge in [-0.3, -0.25) is 0 Å². The van der Waals surface area contributed by atoms with E-state index in [9.17, 15) is 23.1 Å². The lowest BCUT2D eigenvalue weighted by atomic mass is 10.2. The van der Waals surface area contributed by atoms with E-state index in [1.54, 1.807) is 0 Å². The number of aliphatic hydroxyl groups excluding tert-OH is 1. The monoisotopic (exact) mass is 318 g/mol. The first-order valence-corrected chi connectivity index (χ1v) is 6.81. The van der Waals surface area contributed by atoms with Crippen LogP contribution in [0.25, 0.3) is 0 Å². The van der Waals surface area contributed by atoms with E-state index in [1.807, 2.05) is 0 Å². The molecule has 1 aromatic carbocycles. The number of likely N-dealkylation sites (N-methyl/N-ethyl adjacent to an activating group) is 1. The Morgan fingerprint density at radius 3 is 2.77 bits per heavy atom. The summed E-state index contributed by atoms with van der Waals surface area (Å²) in [5, 5.41) is 12.1. The van der Waals surface area contributed by atoms with Crippen LogP contribution < -0.4 is 10.1 Å². The first-order chi connectivity index (χ1) is 10.4. The third-order valence-electron chi connectivity index (χ3n) is 3.37. The summed E-state index contributed by atoms with van der Waals surface area (Å²) >= 11 is 0. The number of urea groups is 1. The van der Waals surface area contributed by atoms with Gasteiger partial charge in [-0.15, -0.1) is 0 Å². The van der Waals surface area contributed by atoms with Crippen molar-refractivity contribution in [3.63, 3.8) is 0 Å². The van der Waals surface area contributed by atoms with Gasteiger partial charge in [-0.25, -0.2) is 9.18 Å². The molecule has 2 N–H and O–H groups in total. The average Bonchev–Trinajstić information content (AvgIpc) is 3.25. The van der Waals surface area contributed by atoms with Crippen LogP contribution in [0, 0.1) is 11.7 Å². The number of nitrogens with one attached hydrogen (secondary N) is 1. The van der Waals surface area contributed by atoms with Gasteiger partial charge in [0, 0.05) is 19.7 Å². The molecular weight excluding hydrogens is 301 g/mol. The van der Waals surface area contributed by atoms with Gasteiger partial charge in [0.05, 0.1) is 11.8 Å². The molecule has 1 aliphatic rings. The van der Waals surface area contributed by atoms with Crippen LogP contribution in [0.2, 0.25) is 0 Å². The molecule has 5 nitrogen and oxygen atoms in total. The summed E-state index contributed by atoms with van der Waals surface area (Å²) < 4.78 is 42.0. The fourth-order valence-electron chi connectivity index (χ4n) is 2.00. The minimum atomic E-state index is -3.09. The van der Waals surface area contributed by atoms with Crippen LogP contribution in [0.4, 0.5) is 23.7 Å². The lowest BCUT2D eigenvalue weighted by Crippen LogP contribution is -2.38. The van der Waals surface area contributed by atoms with Crippen molar-refractivity contribution in [1.82, 2.24) is 4.90 Å². The van der Waals surface area contributed by atoms with Gasteiger partial charge in [-0.2, -0.15) is 8.78 Å². The van der Waals surface area contributed by atoms with Crippen LogP contribution >= 0.6 is 0 Å². The van der Waals surface area contributed by atoms with Crippen LogP contribution in [0.5, 0.6) is 5.75 Å². The van der Waals surface area contributed by atoms with Crippen molar-refractivity contribution in [3.05, 3.63) is 24.0 Å². The predicted molar refractivity (Wildman–Crippen MR) is 73.4 cm³/mol. The van der Waals surface area contributed by atoms with E-state index in [-0.39, 0.29) is 23.9 Å². The second-order valence-electron chi connectivity index (χ2n) is 5.23. The number of alkyl halides is 2. The zero-order valence-corrected chi connectivity index (χ0v) is 11.9. The number of aliphatic hydroxyl groups is 1. The van der Waals surface area contributed by atoms with Crippen LogP contribution in [-0.2, 0) is 0 Å². The maximum absolute atomic E-state index is 13.2. The summed E-state index contributed by atoms with van der Waals surface area (Å²) in [5.41, 5.74) is -0.196. The third-order valence-corrected chi connectivity index (χ3v) is 3.37. The molecule has 1 aromatic rings. The first-order valence-electron chi connectivity index (χ1n) is 6.81. The van der Waals surface area contributed by atoms with E-state index >= 15 is 0 Å². The highest BCUT2D eigenvalue weighted by Crippen LogP contribution is 2.33. The number of carbonyl (C=O) groups excluding carboxylic acids is 1. The molecule has 1 aliphatic carbocycles. The number of nitrogens with zero attached hydrogens (tertiary/aromatic N) is 1. The van der Waals surface area contributed by atoms with Crippen molar-refractivity contribution in [3.8, 4) is 5.75 Å². The van der Waals surface area contributed by atoms with Gasteiger partial charge in [-0.05, 0) is 30.9 Å². The molecule has 0 aromatic heterocycles. The van der Waals surface area contributed by atoms with Crippen molar-refractivity contribution >= 4 is 11.7 Å². The fourth-order valence-corrected chi connectivity index (χ4v) is 2.00. The largest absolute Gasteiger partial charge is 0.433 e. The molecule has 0 heterocycles. The van der Waals surface area contributed by atoms with Crippen molar-refractivity contribution in [2.24, 2.45) is 5.92 Å². The Bertz CT molecular complexity index is 538. The molecule has 122 valence electrons. The Kier molecular flexibility index (Phi) is 5.12. The predicted octanol–water partition coefficient (Wildman–Crippen LogP) is 2.66. The summed E-state index contributed by atoms with van der Waals surface area (Å²) in [4.78, 5) is 13.2. The number of amides is 2. The molecule has 2 rings (SSSR count). The Hall–Kier alpha value is -1.96. The van der Waals surface area contributed by atoms with E-state index in [4.69, 9.17) is 0 Å². The molecule has 1 saturated carbocycles. The topological polar surface area (TPSA) is 61.8 Å². The average molecular weight is 318 g/mol. The van der Waals surface area contributed by atoms with Gasteiger partial charge < -0.3 is 20.1 Å². The molecule has 8 heteroatoms. The lowest BCUT2D eigenvalue weighted by molar-refractivity contribution is -0.0494. The van der Waals surface area contributed by atoms with Crippen LogP contribution in [0.15, 0.2) is 18.2 Å². The highest BCUT2D eigenvalue weighted by molar-refractivity contribution is 5.90. The van der Waals surface area contributed by atoms with Crippen LogP contribution in [0.1, 0.15) is 12.8 Å².